The Balaban J connectivity index is 1.71. The van der Waals surface area contributed by atoms with E-state index in [0.717, 1.165) is 29.6 Å². The van der Waals surface area contributed by atoms with Gasteiger partial charge in [-0.2, -0.15) is 5.10 Å². The highest BCUT2D eigenvalue weighted by Gasteiger charge is 2.40. The standard InChI is InChI=1S/C24H33N7O5/c1-4-31-22-17(13-28-31)21(29-15-7-5-14(6-8-15)23(34)35)16(12-27-22)18-9-24(36-30-18,10-19(32)25-2)11-20(33)26-3/h9,12-15,30H,4-8,10-11H2,1-3H3,(H,25,32)(H,26,33)(H,27,29)(H,34,35). The minimum Gasteiger partial charge on any atom is -0.481 e. The van der Waals surface area contributed by atoms with Crippen molar-refractivity contribution in [3.8, 4) is 0 Å². The maximum atomic E-state index is 12.2. The molecule has 1 aliphatic heterocycles. The third-order valence-corrected chi connectivity index (χ3v) is 6.93. The Kier molecular flexibility index (Phi) is 7.43. The molecule has 0 bridgehead atoms. The molecular weight excluding hydrogens is 466 g/mol. The molecule has 194 valence electrons. The lowest BCUT2D eigenvalue weighted by atomic mass is 9.86. The van der Waals surface area contributed by atoms with Gasteiger partial charge >= 0.3 is 5.97 Å². The summed E-state index contributed by atoms with van der Waals surface area (Å²) in [5.74, 6) is -1.58. The zero-order valence-electron chi connectivity index (χ0n) is 20.8. The summed E-state index contributed by atoms with van der Waals surface area (Å²) in [6, 6.07) is 0.0827. The smallest absolute Gasteiger partial charge is 0.306 e. The average Bonchev–Trinajstić information content (AvgIpc) is 3.48. The molecule has 2 aliphatic rings. The maximum Gasteiger partial charge on any atom is 0.306 e. The van der Waals surface area contributed by atoms with Gasteiger partial charge in [-0.25, -0.2) is 9.67 Å². The zero-order valence-corrected chi connectivity index (χ0v) is 20.8. The zero-order chi connectivity index (χ0) is 25.9. The number of hydroxylamine groups is 1. The molecule has 0 radical (unpaired) electrons. The highest BCUT2D eigenvalue weighted by Crippen LogP contribution is 2.38. The number of aryl methyl sites for hydroxylation is 1. The van der Waals surface area contributed by atoms with Gasteiger partial charge in [0.15, 0.2) is 5.65 Å². The van der Waals surface area contributed by atoms with Gasteiger partial charge in [0.05, 0.1) is 41.7 Å². The molecule has 0 saturated heterocycles. The first-order valence-electron chi connectivity index (χ1n) is 12.2. The highest BCUT2D eigenvalue weighted by molar-refractivity contribution is 5.96. The van der Waals surface area contributed by atoms with Crippen molar-refractivity contribution < 1.29 is 24.3 Å². The fourth-order valence-electron chi connectivity index (χ4n) is 4.88. The predicted octanol–water partition coefficient (Wildman–Crippen LogP) is 1.39. The minimum absolute atomic E-state index is 0.0428. The Bertz CT molecular complexity index is 1160. The lowest BCUT2D eigenvalue weighted by Gasteiger charge is -2.28. The normalized spacial score (nSPS) is 20.9. The monoisotopic (exact) mass is 499 g/mol. The molecular formula is C24H33N7O5. The number of nitrogens with one attached hydrogen (secondary N) is 4. The fourth-order valence-corrected chi connectivity index (χ4v) is 4.88. The quantitative estimate of drug-likeness (QED) is 0.344. The summed E-state index contributed by atoms with van der Waals surface area (Å²) in [6.45, 7) is 2.65. The van der Waals surface area contributed by atoms with Crippen LogP contribution in [0.25, 0.3) is 16.7 Å². The number of aromatic nitrogens is 3. The molecule has 0 aromatic carbocycles. The fraction of sp³-hybridized carbons (Fsp3) is 0.542. The van der Waals surface area contributed by atoms with Crippen LogP contribution in [-0.4, -0.2) is 63.4 Å². The molecule has 1 fully saturated rings. The van der Waals surface area contributed by atoms with E-state index >= 15 is 0 Å². The van der Waals surface area contributed by atoms with E-state index in [1.165, 1.54) is 14.1 Å². The molecule has 12 heteroatoms. The largest absolute Gasteiger partial charge is 0.481 e. The van der Waals surface area contributed by atoms with Gasteiger partial charge in [0.2, 0.25) is 11.8 Å². The molecule has 0 atom stereocenters. The minimum atomic E-state index is -1.17. The van der Waals surface area contributed by atoms with Gasteiger partial charge < -0.3 is 21.1 Å². The van der Waals surface area contributed by atoms with Crippen LogP contribution in [0.2, 0.25) is 0 Å². The Morgan fingerprint density at radius 3 is 2.39 bits per heavy atom. The summed E-state index contributed by atoms with van der Waals surface area (Å²) in [4.78, 5) is 46.4. The van der Waals surface area contributed by atoms with Crippen LogP contribution < -0.4 is 21.4 Å². The van der Waals surface area contributed by atoms with Crippen molar-refractivity contribution in [1.29, 1.82) is 0 Å². The highest BCUT2D eigenvalue weighted by atomic mass is 16.7. The van der Waals surface area contributed by atoms with Crippen molar-refractivity contribution in [3.63, 3.8) is 0 Å². The molecule has 5 N–H and O–H groups in total. The number of carbonyl (C=O) groups is 3. The summed E-state index contributed by atoms with van der Waals surface area (Å²) in [7, 11) is 3.07. The number of amides is 2. The molecule has 2 aromatic rings. The maximum absolute atomic E-state index is 12.2. The summed E-state index contributed by atoms with van der Waals surface area (Å²) in [5, 5.41) is 23.4. The first-order valence-corrected chi connectivity index (χ1v) is 12.2. The van der Waals surface area contributed by atoms with Crippen LogP contribution in [0.3, 0.4) is 0 Å². The molecule has 1 aliphatic carbocycles. The lowest BCUT2D eigenvalue weighted by Crippen LogP contribution is -2.40. The number of rotatable bonds is 9. The number of anilines is 1. The number of fused-ring (bicyclic) bond motifs is 1. The van der Waals surface area contributed by atoms with Crippen LogP contribution >= 0.6 is 0 Å². The van der Waals surface area contributed by atoms with Crippen LogP contribution in [0.1, 0.15) is 51.0 Å². The van der Waals surface area contributed by atoms with E-state index in [1.54, 1.807) is 23.2 Å². The van der Waals surface area contributed by atoms with E-state index in [-0.39, 0.29) is 36.6 Å². The van der Waals surface area contributed by atoms with Crippen LogP contribution in [0.4, 0.5) is 5.69 Å². The van der Waals surface area contributed by atoms with Crippen LogP contribution in [0, 0.1) is 5.92 Å². The first-order chi connectivity index (χ1) is 17.3. The predicted molar refractivity (Wildman–Crippen MR) is 133 cm³/mol. The number of hydrogen-bond acceptors (Lipinski definition) is 8. The van der Waals surface area contributed by atoms with Gasteiger partial charge in [-0.3, -0.25) is 24.7 Å². The number of carbonyl (C=O) groups excluding carboxylic acids is 2. The lowest BCUT2D eigenvalue weighted by molar-refractivity contribution is -0.143. The summed E-state index contributed by atoms with van der Waals surface area (Å²) in [6.07, 6.45) is 7.82. The topological polar surface area (TPSA) is 160 Å². The van der Waals surface area contributed by atoms with Crippen LogP contribution in [0.15, 0.2) is 18.5 Å². The van der Waals surface area contributed by atoms with Gasteiger partial charge in [-0.15, -0.1) is 0 Å². The van der Waals surface area contributed by atoms with Crippen molar-refractivity contribution >= 4 is 40.2 Å². The van der Waals surface area contributed by atoms with Crippen LogP contribution in [0.5, 0.6) is 0 Å². The number of pyridine rings is 1. The molecule has 3 heterocycles. The van der Waals surface area contributed by atoms with Gasteiger partial charge in [-0.05, 0) is 38.7 Å². The van der Waals surface area contributed by atoms with Crippen molar-refractivity contribution in [1.82, 2.24) is 30.9 Å². The summed E-state index contributed by atoms with van der Waals surface area (Å²) < 4.78 is 1.81. The Hall–Kier alpha value is -3.67. The van der Waals surface area contributed by atoms with Crippen molar-refractivity contribution in [2.45, 2.75) is 63.6 Å². The van der Waals surface area contributed by atoms with Crippen molar-refractivity contribution in [2.24, 2.45) is 5.92 Å². The molecule has 12 nitrogen and oxygen atoms in total. The van der Waals surface area contributed by atoms with E-state index in [9.17, 15) is 19.5 Å². The van der Waals surface area contributed by atoms with E-state index in [2.05, 4.69) is 31.5 Å². The number of hydrogen-bond donors (Lipinski definition) is 5. The van der Waals surface area contributed by atoms with Gasteiger partial charge in [0.25, 0.3) is 0 Å². The molecule has 36 heavy (non-hydrogen) atoms. The first kappa shape index (κ1) is 25.4. The van der Waals surface area contributed by atoms with E-state index < -0.39 is 11.6 Å². The Labute approximate surface area is 208 Å². The SMILES string of the molecule is CCn1ncc2c(NC3CCC(C(=O)O)CC3)c(C3=CC(CC(=O)NC)(CC(=O)NC)ON3)cnc21. The van der Waals surface area contributed by atoms with Gasteiger partial charge in [-0.1, -0.05) is 0 Å². The molecule has 2 amide bonds. The van der Waals surface area contributed by atoms with Crippen molar-refractivity contribution in [2.75, 3.05) is 19.4 Å². The number of carboxylic acids is 1. The van der Waals surface area contributed by atoms with Crippen molar-refractivity contribution in [3.05, 3.63) is 24.0 Å². The second-order valence-corrected chi connectivity index (χ2v) is 9.30. The van der Waals surface area contributed by atoms with Gasteiger partial charge in [0.1, 0.15) is 5.60 Å². The second-order valence-electron chi connectivity index (χ2n) is 9.30. The summed E-state index contributed by atoms with van der Waals surface area (Å²) >= 11 is 0. The number of carboxylic acid groups (broad SMARTS) is 1. The number of nitrogens with zero attached hydrogens (tertiary/aromatic N) is 3. The second kappa shape index (κ2) is 10.5. The molecule has 0 spiro atoms. The average molecular weight is 500 g/mol. The molecule has 0 unspecified atom stereocenters. The van der Waals surface area contributed by atoms with E-state index in [1.807, 2.05) is 6.92 Å². The molecule has 4 rings (SSSR count). The third-order valence-electron chi connectivity index (χ3n) is 6.93. The molecule has 1 saturated carbocycles. The molecule has 2 aromatic heterocycles. The third kappa shape index (κ3) is 5.13. The van der Waals surface area contributed by atoms with E-state index in [0.29, 0.717) is 30.6 Å². The van der Waals surface area contributed by atoms with Gasteiger partial charge in [0, 0.05) is 38.4 Å². The summed E-state index contributed by atoms with van der Waals surface area (Å²) in [5.41, 5.74) is 4.58. The Morgan fingerprint density at radius 1 is 1.14 bits per heavy atom. The Morgan fingerprint density at radius 2 is 1.81 bits per heavy atom. The van der Waals surface area contributed by atoms with Crippen LogP contribution in [-0.2, 0) is 25.8 Å². The van der Waals surface area contributed by atoms with E-state index in [4.69, 9.17) is 4.84 Å². The number of aliphatic carboxylic acids is 1.